The van der Waals surface area contributed by atoms with Gasteiger partial charge in [0.25, 0.3) is 11.6 Å². The standard InChI is InChI=1S/C17H20N4O3S/c1-12-11-25-17(18-12)19-16(22)13-6-7-14(15(10-13)21(23)24)20-8-4-2-3-5-9-20/h6-7,10-11H,2-5,8-9H2,1H3,(H,18,19,22). The average molecular weight is 360 g/mol. The van der Waals surface area contributed by atoms with Crippen LogP contribution < -0.4 is 10.2 Å². The van der Waals surface area contributed by atoms with Crippen LogP contribution in [0.2, 0.25) is 0 Å². The summed E-state index contributed by atoms with van der Waals surface area (Å²) >= 11 is 1.33. The van der Waals surface area contributed by atoms with E-state index in [1.165, 1.54) is 17.4 Å². The highest BCUT2D eigenvalue weighted by molar-refractivity contribution is 7.13. The van der Waals surface area contributed by atoms with Gasteiger partial charge in [0.15, 0.2) is 5.13 Å². The lowest BCUT2D eigenvalue weighted by Crippen LogP contribution is -2.25. The minimum atomic E-state index is -0.412. The Morgan fingerprint density at radius 2 is 2.00 bits per heavy atom. The molecule has 1 saturated heterocycles. The molecule has 1 aliphatic rings. The van der Waals surface area contributed by atoms with Crippen molar-refractivity contribution >= 4 is 33.8 Å². The van der Waals surface area contributed by atoms with Crippen molar-refractivity contribution in [3.63, 3.8) is 0 Å². The van der Waals surface area contributed by atoms with Gasteiger partial charge in [-0.2, -0.15) is 0 Å². The number of nitro groups is 1. The zero-order valence-electron chi connectivity index (χ0n) is 14.0. The fourth-order valence-corrected chi connectivity index (χ4v) is 3.65. The molecule has 0 atom stereocenters. The number of aryl methyl sites for hydroxylation is 1. The van der Waals surface area contributed by atoms with Crippen molar-refractivity contribution < 1.29 is 9.72 Å². The number of carbonyl (C=O) groups excluding carboxylic acids is 1. The van der Waals surface area contributed by atoms with Crippen LogP contribution in [0.4, 0.5) is 16.5 Å². The molecule has 0 saturated carbocycles. The highest BCUT2D eigenvalue weighted by atomic mass is 32.1. The Hall–Kier alpha value is -2.48. The van der Waals surface area contributed by atoms with Gasteiger partial charge in [-0.1, -0.05) is 12.8 Å². The smallest absolute Gasteiger partial charge is 0.293 e. The number of amides is 1. The minimum absolute atomic E-state index is 0.0233. The number of hydrogen-bond donors (Lipinski definition) is 1. The summed E-state index contributed by atoms with van der Waals surface area (Å²) < 4.78 is 0. The molecule has 0 spiro atoms. The van der Waals surface area contributed by atoms with Crippen LogP contribution in [0.3, 0.4) is 0 Å². The van der Waals surface area contributed by atoms with Crippen molar-refractivity contribution in [2.24, 2.45) is 0 Å². The van der Waals surface area contributed by atoms with Gasteiger partial charge in [-0.05, 0) is 31.9 Å². The minimum Gasteiger partial charge on any atom is -0.366 e. The molecule has 2 aromatic rings. The fourth-order valence-electron chi connectivity index (χ4n) is 2.97. The third-order valence-corrected chi connectivity index (χ3v) is 5.10. The first-order valence-corrected chi connectivity index (χ1v) is 9.19. The number of aromatic nitrogens is 1. The highest BCUT2D eigenvalue weighted by Gasteiger charge is 2.23. The average Bonchev–Trinajstić information content (AvgIpc) is 2.85. The van der Waals surface area contributed by atoms with Gasteiger partial charge in [0.1, 0.15) is 5.69 Å². The predicted molar refractivity (Wildman–Crippen MR) is 98.6 cm³/mol. The Balaban J connectivity index is 1.85. The Morgan fingerprint density at radius 1 is 1.28 bits per heavy atom. The first kappa shape index (κ1) is 17.3. The molecule has 2 heterocycles. The molecular weight excluding hydrogens is 340 g/mol. The molecule has 1 aromatic carbocycles. The molecule has 7 nitrogen and oxygen atoms in total. The topological polar surface area (TPSA) is 88.4 Å². The third kappa shape index (κ3) is 4.14. The van der Waals surface area contributed by atoms with Gasteiger partial charge in [-0.3, -0.25) is 20.2 Å². The maximum absolute atomic E-state index is 12.4. The summed E-state index contributed by atoms with van der Waals surface area (Å²) in [4.78, 5) is 29.7. The van der Waals surface area contributed by atoms with Crippen molar-refractivity contribution in [1.82, 2.24) is 4.98 Å². The first-order chi connectivity index (χ1) is 12.0. The second-order valence-electron chi connectivity index (χ2n) is 6.11. The number of benzene rings is 1. The fraction of sp³-hybridized carbons (Fsp3) is 0.412. The van der Waals surface area contributed by atoms with E-state index in [9.17, 15) is 14.9 Å². The second-order valence-corrected chi connectivity index (χ2v) is 6.97. The summed E-state index contributed by atoms with van der Waals surface area (Å²) in [7, 11) is 0. The number of rotatable bonds is 4. The molecule has 1 N–H and O–H groups in total. The number of nitro benzene ring substituents is 1. The normalized spacial score (nSPS) is 14.8. The third-order valence-electron chi connectivity index (χ3n) is 4.22. The Labute approximate surface area is 149 Å². The number of carbonyl (C=O) groups is 1. The summed E-state index contributed by atoms with van der Waals surface area (Å²) in [6.45, 7) is 3.46. The van der Waals surface area contributed by atoms with Crippen LogP contribution >= 0.6 is 11.3 Å². The van der Waals surface area contributed by atoms with E-state index in [2.05, 4.69) is 15.2 Å². The van der Waals surface area contributed by atoms with Crippen molar-refractivity contribution in [3.8, 4) is 0 Å². The van der Waals surface area contributed by atoms with Gasteiger partial charge in [0.2, 0.25) is 0 Å². The number of thiazole rings is 1. The predicted octanol–water partition coefficient (Wildman–Crippen LogP) is 3.99. The van der Waals surface area contributed by atoms with E-state index in [0.29, 0.717) is 10.8 Å². The Bertz CT molecular complexity index is 782. The SMILES string of the molecule is Cc1csc(NC(=O)c2ccc(N3CCCCCC3)c([N+](=O)[O-])c2)n1. The van der Waals surface area contributed by atoms with E-state index in [-0.39, 0.29) is 17.2 Å². The Kier molecular flexibility index (Phi) is 5.28. The van der Waals surface area contributed by atoms with Crippen LogP contribution in [-0.2, 0) is 0 Å². The quantitative estimate of drug-likeness (QED) is 0.658. The van der Waals surface area contributed by atoms with Crippen LogP contribution in [0, 0.1) is 17.0 Å². The molecule has 3 rings (SSSR count). The van der Waals surface area contributed by atoms with Crippen LogP contribution in [-0.4, -0.2) is 28.9 Å². The molecule has 0 aliphatic carbocycles. The first-order valence-electron chi connectivity index (χ1n) is 8.31. The molecule has 0 bridgehead atoms. The van der Waals surface area contributed by atoms with Crippen LogP contribution in [0.15, 0.2) is 23.6 Å². The molecule has 25 heavy (non-hydrogen) atoms. The van der Waals surface area contributed by atoms with E-state index in [4.69, 9.17) is 0 Å². The van der Waals surface area contributed by atoms with Gasteiger partial charge < -0.3 is 4.90 Å². The Morgan fingerprint density at radius 3 is 2.60 bits per heavy atom. The molecule has 1 aliphatic heterocycles. The van der Waals surface area contributed by atoms with Crippen molar-refractivity contribution in [2.75, 3.05) is 23.3 Å². The maximum Gasteiger partial charge on any atom is 0.293 e. The zero-order valence-corrected chi connectivity index (χ0v) is 14.8. The summed E-state index contributed by atoms with van der Waals surface area (Å²) in [5.41, 5.74) is 1.65. The van der Waals surface area contributed by atoms with Crippen LogP contribution in [0.25, 0.3) is 0 Å². The molecule has 0 unspecified atom stereocenters. The van der Waals surface area contributed by atoms with E-state index >= 15 is 0 Å². The number of nitrogens with zero attached hydrogens (tertiary/aromatic N) is 3. The van der Waals surface area contributed by atoms with E-state index in [1.807, 2.05) is 12.3 Å². The summed E-state index contributed by atoms with van der Waals surface area (Å²) in [5.74, 6) is -0.389. The lowest BCUT2D eigenvalue weighted by atomic mass is 10.1. The van der Waals surface area contributed by atoms with E-state index in [1.54, 1.807) is 12.1 Å². The number of nitrogens with one attached hydrogen (secondary N) is 1. The van der Waals surface area contributed by atoms with Gasteiger partial charge in [0.05, 0.1) is 10.6 Å². The van der Waals surface area contributed by atoms with Gasteiger partial charge in [-0.25, -0.2) is 4.98 Å². The van der Waals surface area contributed by atoms with Gasteiger partial charge in [-0.15, -0.1) is 11.3 Å². The molecule has 8 heteroatoms. The van der Waals surface area contributed by atoms with Crippen molar-refractivity contribution in [3.05, 3.63) is 45.0 Å². The van der Waals surface area contributed by atoms with Crippen LogP contribution in [0.1, 0.15) is 41.7 Å². The monoisotopic (exact) mass is 360 g/mol. The second kappa shape index (κ2) is 7.60. The van der Waals surface area contributed by atoms with Gasteiger partial charge >= 0.3 is 0 Å². The van der Waals surface area contributed by atoms with Gasteiger partial charge in [0, 0.05) is 30.1 Å². The molecule has 1 fully saturated rings. The molecule has 0 radical (unpaired) electrons. The number of hydrogen-bond acceptors (Lipinski definition) is 6. The summed E-state index contributed by atoms with van der Waals surface area (Å²) in [5, 5.41) is 16.5. The maximum atomic E-state index is 12.4. The lowest BCUT2D eigenvalue weighted by Gasteiger charge is -2.22. The summed E-state index contributed by atoms with van der Waals surface area (Å²) in [6.07, 6.45) is 4.36. The van der Waals surface area contributed by atoms with Crippen LogP contribution in [0.5, 0.6) is 0 Å². The van der Waals surface area contributed by atoms with Crippen molar-refractivity contribution in [1.29, 1.82) is 0 Å². The largest absolute Gasteiger partial charge is 0.366 e. The number of anilines is 2. The van der Waals surface area contributed by atoms with E-state index in [0.717, 1.165) is 44.5 Å². The summed E-state index contributed by atoms with van der Waals surface area (Å²) in [6, 6.07) is 4.69. The zero-order chi connectivity index (χ0) is 17.8. The van der Waals surface area contributed by atoms with Crippen molar-refractivity contribution in [2.45, 2.75) is 32.6 Å². The molecule has 1 amide bonds. The molecule has 132 valence electrons. The highest BCUT2D eigenvalue weighted by Crippen LogP contribution is 2.31. The van der Waals surface area contributed by atoms with E-state index < -0.39 is 4.92 Å². The molecular formula is C17H20N4O3S. The molecule has 1 aromatic heterocycles. The lowest BCUT2D eigenvalue weighted by molar-refractivity contribution is -0.384.